The number of rotatable bonds is 3. The Morgan fingerprint density at radius 1 is 1.20 bits per heavy atom. The van der Waals surface area contributed by atoms with Gasteiger partial charge in [-0.3, -0.25) is 4.79 Å². The van der Waals surface area contributed by atoms with Crippen LogP contribution in [0.3, 0.4) is 0 Å². The molecule has 6 nitrogen and oxygen atoms in total. The van der Waals surface area contributed by atoms with Crippen LogP contribution in [0.2, 0.25) is 0 Å². The summed E-state index contributed by atoms with van der Waals surface area (Å²) in [6.45, 7) is 3.90. The number of aryl methyl sites for hydroxylation is 1. The van der Waals surface area contributed by atoms with E-state index in [0.29, 0.717) is 36.3 Å². The predicted octanol–water partition coefficient (Wildman–Crippen LogP) is 4.21. The number of oxazole rings is 1. The molecule has 0 radical (unpaired) electrons. The molecule has 0 aliphatic heterocycles. The molecule has 4 rings (SSSR count). The highest BCUT2D eigenvalue weighted by Crippen LogP contribution is 2.33. The van der Waals surface area contributed by atoms with Crippen LogP contribution in [0.4, 0.5) is 10.1 Å². The fourth-order valence-corrected chi connectivity index (χ4v) is 4.25. The van der Waals surface area contributed by atoms with Gasteiger partial charge < -0.3 is 15.5 Å². The maximum absolute atomic E-state index is 14.2. The molecule has 30 heavy (non-hydrogen) atoms. The standard InChI is InChI=1S/C23H25FN4O2/c1-13-9-16(10-17(25)11-20-19(13)7-8-26-22(20)24)23(29)28-18-5-3-15(4-6-18)21-14(2)27-12-30-21/h3-8,12-13,16-17H,9-11,25H2,1-2H3,(H,28,29)/t13-,16?,17+/m1/s1. The van der Waals surface area contributed by atoms with E-state index in [1.54, 1.807) is 0 Å². The number of nitrogens with one attached hydrogen (secondary N) is 1. The molecule has 0 bridgehead atoms. The number of fused-ring (bicyclic) bond motifs is 1. The average Bonchev–Trinajstić information content (AvgIpc) is 3.14. The number of hydrogen-bond donors (Lipinski definition) is 2. The average molecular weight is 408 g/mol. The molecule has 1 aromatic carbocycles. The molecule has 0 saturated heterocycles. The minimum atomic E-state index is -0.459. The second kappa shape index (κ2) is 8.36. The maximum atomic E-state index is 14.2. The van der Waals surface area contributed by atoms with E-state index < -0.39 is 5.95 Å². The maximum Gasteiger partial charge on any atom is 0.227 e. The van der Waals surface area contributed by atoms with Crippen LogP contribution < -0.4 is 11.1 Å². The van der Waals surface area contributed by atoms with E-state index in [1.165, 1.54) is 12.6 Å². The fourth-order valence-electron chi connectivity index (χ4n) is 4.25. The van der Waals surface area contributed by atoms with Crippen molar-refractivity contribution in [2.24, 2.45) is 11.7 Å². The monoisotopic (exact) mass is 408 g/mol. The number of halogens is 1. The van der Waals surface area contributed by atoms with E-state index in [4.69, 9.17) is 10.2 Å². The van der Waals surface area contributed by atoms with Gasteiger partial charge in [0, 0.05) is 35.0 Å². The molecular formula is C23H25FN4O2. The van der Waals surface area contributed by atoms with Gasteiger partial charge in [0.25, 0.3) is 0 Å². The third-order valence-electron chi connectivity index (χ3n) is 5.79. The summed E-state index contributed by atoms with van der Waals surface area (Å²) < 4.78 is 19.6. The summed E-state index contributed by atoms with van der Waals surface area (Å²) in [7, 11) is 0. The first-order valence-corrected chi connectivity index (χ1v) is 10.1. The van der Waals surface area contributed by atoms with Gasteiger partial charge in [-0.1, -0.05) is 6.92 Å². The largest absolute Gasteiger partial charge is 0.443 e. The Kier molecular flexibility index (Phi) is 5.63. The van der Waals surface area contributed by atoms with Crippen LogP contribution in [-0.4, -0.2) is 21.9 Å². The summed E-state index contributed by atoms with van der Waals surface area (Å²) in [4.78, 5) is 20.9. The Balaban J connectivity index is 1.49. The molecule has 1 amide bonds. The first kappa shape index (κ1) is 20.2. The predicted molar refractivity (Wildman–Crippen MR) is 112 cm³/mol. The molecule has 0 saturated carbocycles. The van der Waals surface area contributed by atoms with E-state index in [0.717, 1.165) is 16.8 Å². The lowest BCUT2D eigenvalue weighted by Crippen LogP contribution is -2.35. The number of pyridine rings is 1. The summed E-state index contributed by atoms with van der Waals surface area (Å²) in [5.41, 5.74) is 10.1. The lowest BCUT2D eigenvalue weighted by Gasteiger charge is -2.28. The van der Waals surface area contributed by atoms with Gasteiger partial charge in [0.15, 0.2) is 12.2 Å². The van der Waals surface area contributed by atoms with E-state index >= 15 is 0 Å². The Hall–Kier alpha value is -3.06. The zero-order chi connectivity index (χ0) is 21.3. The number of carbonyl (C=O) groups excluding carboxylic acids is 1. The summed E-state index contributed by atoms with van der Waals surface area (Å²) in [5, 5.41) is 3.00. The van der Waals surface area contributed by atoms with Crippen LogP contribution in [0.1, 0.15) is 42.5 Å². The Morgan fingerprint density at radius 2 is 1.97 bits per heavy atom. The van der Waals surface area contributed by atoms with E-state index in [2.05, 4.69) is 15.3 Å². The fraction of sp³-hybridized carbons (Fsp3) is 0.348. The van der Waals surface area contributed by atoms with Gasteiger partial charge in [-0.2, -0.15) is 4.39 Å². The Bertz CT molecular complexity index is 1050. The first-order valence-electron chi connectivity index (χ1n) is 10.1. The summed E-state index contributed by atoms with van der Waals surface area (Å²) in [6.07, 6.45) is 4.38. The molecule has 7 heteroatoms. The first-order chi connectivity index (χ1) is 14.4. The van der Waals surface area contributed by atoms with E-state index in [1.807, 2.05) is 44.2 Å². The molecule has 2 heterocycles. The topological polar surface area (TPSA) is 94.0 Å². The summed E-state index contributed by atoms with van der Waals surface area (Å²) >= 11 is 0. The number of benzene rings is 1. The van der Waals surface area contributed by atoms with Crippen molar-refractivity contribution in [2.45, 2.75) is 45.1 Å². The molecule has 3 aromatic rings. The number of carbonyl (C=O) groups is 1. The molecule has 2 aromatic heterocycles. The second-order valence-corrected chi connectivity index (χ2v) is 8.04. The second-order valence-electron chi connectivity index (χ2n) is 8.04. The summed E-state index contributed by atoms with van der Waals surface area (Å²) in [5.74, 6) is -0.0279. The van der Waals surface area contributed by atoms with Gasteiger partial charge >= 0.3 is 0 Å². The van der Waals surface area contributed by atoms with Crippen LogP contribution in [-0.2, 0) is 11.2 Å². The molecule has 1 aliphatic carbocycles. The molecule has 3 atom stereocenters. The van der Waals surface area contributed by atoms with Crippen molar-refractivity contribution in [3.05, 3.63) is 65.7 Å². The van der Waals surface area contributed by atoms with Crippen LogP contribution in [0, 0.1) is 18.8 Å². The van der Waals surface area contributed by atoms with Crippen molar-refractivity contribution in [1.29, 1.82) is 0 Å². The highest BCUT2D eigenvalue weighted by Gasteiger charge is 2.29. The van der Waals surface area contributed by atoms with Gasteiger partial charge in [-0.05, 0) is 68.0 Å². The van der Waals surface area contributed by atoms with Crippen LogP contribution in [0.15, 0.2) is 47.3 Å². The van der Waals surface area contributed by atoms with Gasteiger partial charge in [-0.15, -0.1) is 0 Å². The van der Waals surface area contributed by atoms with Crippen LogP contribution in [0.25, 0.3) is 11.3 Å². The minimum Gasteiger partial charge on any atom is -0.443 e. The molecule has 0 fully saturated rings. The number of nitrogens with two attached hydrogens (primary N) is 1. The molecule has 0 spiro atoms. The molecule has 156 valence electrons. The lowest BCUT2D eigenvalue weighted by molar-refractivity contribution is -0.120. The van der Waals surface area contributed by atoms with Gasteiger partial charge in [0.2, 0.25) is 11.9 Å². The number of hydrogen-bond acceptors (Lipinski definition) is 5. The quantitative estimate of drug-likeness (QED) is 0.633. The number of nitrogens with zero attached hydrogens (tertiary/aromatic N) is 2. The Morgan fingerprint density at radius 3 is 2.67 bits per heavy atom. The van der Waals surface area contributed by atoms with Gasteiger partial charge in [-0.25, -0.2) is 9.97 Å². The van der Waals surface area contributed by atoms with Crippen molar-refractivity contribution in [3.8, 4) is 11.3 Å². The van der Waals surface area contributed by atoms with Gasteiger partial charge in [0.1, 0.15) is 0 Å². The highest BCUT2D eigenvalue weighted by molar-refractivity contribution is 5.92. The summed E-state index contributed by atoms with van der Waals surface area (Å²) in [6, 6.07) is 9.00. The SMILES string of the molecule is Cc1ncoc1-c1ccc(NC(=O)C2C[C@H](N)Cc3c(ccnc3F)[C@H](C)C2)cc1. The van der Waals surface area contributed by atoms with Crippen molar-refractivity contribution < 1.29 is 13.6 Å². The van der Waals surface area contributed by atoms with Crippen molar-refractivity contribution >= 4 is 11.6 Å². The zero-order valence-corrected chi connectivity index (χ0v) is 17.1. The molecule has 3 N–H and O–H groups in total. The van der Waals surface area contributed by atoms with Crippen molar-refractivity contribution in [1.82, 2.24) is 9.97 Å². The van der Waals surface area contributed by atoms with Crippen LogP contribution in [0.5, 0.6) is 0 Å². The van der Waals surface area contributed by atoms with Crippen molar-refractivity contribution in [3.63, 3.8) is 0 Å². The number of anilines is 1. The van der Waals surface area contributed by atoms with Crippen LogP contribution >= 0.6 is 0 Å². The smallest absolute Gasteiger partial charge is 0.227 e. The molecule has 1 aliphatic rings. The highest BCUT2D eigenvalue weighted by atomic mass is 19.1. The number of aromatic nitrogens is 2. The third-order valence-corrected chi connectivity index (χ3v) is 5.79. The normalized spacial score (nSPS) is 21.4. The third kappa shape index (κ3) is 4.11. The Labute approximate surface area is 174 Å². The van der Waals surface area contributed by atoms with E-state index in [-0.39, 0.29) is 23.8 Å². The molecular weight excluding hydrogens is 383 g/mol. The molecule has 1 unspecified atom stereocenters. The van der Waals surface area contributed by atoms with E-state index in [9.17, 15) is 9.18 Å². The zero-order valence-electron chi connectivity index (χ0n) is 17.1. The number of amides is 1. The van der Waals surface area contributed by atoms with Gasteiger partial charge in [0.05, 0.1) is 5.69 Å². The minimum absolute atomic E-state index is 0.0394. The lowest BCUT2D eigenvalue weighted by atomic mass is 9.80. The van der Waals surface area contributed by atoms with Crippen molar-refractivity contribution in [2.75, 3.05) is 5.32 Å².